The van der Waals surface area contributed by atoms with Crippen molar-refractivity contribution in [3.05, 3.63) is 24.3 Å². The smallest absolute Gasteiger partial charge is 0.265 e. The van der Waals surface area contributed by atoms with E-state index in [1.54, 1.807) is 0 Å². The van der Waals surface area contributed by atoms with Gasteiger partial charge in [-0.15, -0.1) is 0 Å². The molecule has 0 spiro atoms. The molecule has 2 atom stereocenters. The summed E-state index contributed by atoms with van der Waals surface area (Å²) in [6.07, 6.45) is 1.76. The Hall–Kier alpha value is -1.90. The minimum Gasteiger partial charge on any atom is -0.476 e. The zero-order valence-electron chi connectivity index (χ0n) is 15.3. The SMILES string of the molecule is O=C([C@H]1CN(C(=S)NC[C@@H]2CCCO2)c2ccccc2O1)N1CCOCC1. The molecule has 1 N–H and O–H groups in total. The second kappa shape index (κ2) is 8.41. The van der Waals surface area contributed by atoms with Crippen LogP contribution in [0.5, 0.6) is 5.75 Å². The molecular formula is C19H25N3O4S. The number of para-hydroxylation sites is 2. The number of rotatable bonds is 3. The van der Waals surface area contributed by atoms with Gasteiger partial charge in [0.15, 0.2) is 11.2 Å². The van der Waals surface area contributed by atoms with Crippen LogP contribution in [0.25, 0.3) is 0 Å². The molecule has 3 aliphatic rings. The average molecular weight is 391 g/mol. The van der Waals surface area contributed by atoms with Crippen LogP contribution in [0.1, 0.15) is 12.8 Å². The lowest BCUT2D eigenvalue weighted by molar-refractivity contribution is -0.142. The topological polar surface area (TPSA) is 63.3 Å². The molecule has 0 unspecified atom stereocenters. The molecule has 4 rings (SSSR count). The van der Waals surface area contributed by atoms with E-state index < -0.39 is 6.10 Å². The first-order chi connectivity index (χ1) is 13.2. The first kappa shape index (κ1) is 18.5. The summed E-state index contributed by atoms with van der Waals surface area (Å²) in [4.78, 5) is 16.7. The maximum absolute atomic E-state index is 12.9. The molecule has 0 bridgehead atoms. The standard InChI is InChI=1S/C19H25N3O4S/c23-18(21-7-10-24-11-8-21)17-13-22(15-5-1-2-6-16(15)26-17)19(27)20-12-14-4-3-9-25-14/h1-2,5-6,14,17H,3-4,7-13H2,(H,20,27)/t14-,17+/m0/s1. The van der Waals surface area contributed by atoms with Crippen LogP contribution in [-0.4, -0.2) is 74.1 Å². The van der Waals surface area contributed by atoms with Gasteiger partial charge in [0.2, 0.25) is 0 Å². The van der Waals surface area contributed by atoms with Crippen molar-refractivity contribution in [1.82, 2.24) is 10.2 Å². The molecule has 146 valence electrons. The number of carbonyl (C=O) groups is 1. The van der Waals surface area contributed by atoms with E-state index in [0.29, 0.717) is 50.3 Å². The normalized spacial score (nSPS) is 24.9. The summed E-state index contributed by atoms with van der Waals surface area (Å²) in [6, 6.07) is 7.69. The van der Waals surface area contributed by atoms with Crippen molar-refractivity contribution < 1.29 is 19.0 Å². The van der Waals surface area contributed by atoms with Crippen molar-refractivity contribution in [2.45, 2.75) is 25.0 Å². The van der Waals surface area contributed by atoms with Gasteiger partial charge >= 0.3 is 0 Å². The molecule has 2 saturated heterocycles. The summed E-state index contributed by atoms with van der Waals surface area (Å²) >= 11 is 5.64. The second-order valence-electron chi connectivity index (χ2n) is 6.94. The quantitative estimate of drug-likeness (QED) is 0.776. The van der Waals surface area contributed by atoms with Gasteiger partial charge in [-0.25, -0.2) is 0 Å². The summed E-state index contributed by atoms with van der Waals surface area (Å²) < 4.78 is 17.0. The fourth-order valence-corrected chi connectivity index (χ4v) is 3.90. The number of thiocarbonyl (C=S) groups is 1. The molecule has 3 aliphatic heterocycles. The highest BCUT2D eigenvalue weighted by Crippen LogP contribution is 2.33. The Kier molecular flexibility index (Phi) is 5.75. The van der Waals surface area contributed by atoms with Crippen LogP contribution in [0.2, 0.25) is 0 Å². The van der Waals surface area contributed by atoms with Crippen LogP contribution >= 0.6 is 12.2 Å². The van der Waals surface area contributed by atoms with Gasteiger partial charge in [-0.2, -0.15) is 0 Å². The molecule has 1 aromatic rings. The molecule has 7 nitrogen and oxygen atoms in total. The highest BCUT2D eigenvalue weighted by molar-refractivity contribution is 7.80. The van der Waals surface area contributed by atoms with E-state index in [-0.39, 0.29) is 12.0 Å². The molecule has 0 radical (unpaired) electrons. The van der Waals surface area contributed by atoms with Crippen molar-refractivity contribution in [3.63, 3.8) is 0 Å². The first-order valence-corrected chi connectivity index (χ1v) is 9.92. The van der Waals surface area contributed by atoms with Gasteiger partial charge in [0, 0.05) is 26.2 Å². The number of carbonyl (C=O) groups excluding carboxylic acids is 1. The third kappa shape index (κ3) is 4.17. The monoisotopic (exact) mass is 391 g/mol. The minimum atomic E-state index is -0.583. The molecule has 1 aromatic carbocycles. The van der Waals surface area contributed by atoms with Crippen LogP contribution in [-0.2, 0) is 14.3 Å². The van der Waals surface area contributed by atoms with Crippen molar-refractivity contribution in [2.75, 3.05) is 50.9 Å². The van der Waals surface area contributed by atoms with Gasteiger partial charge in [0.05, 0.1) is 31.5 Å². The predicted molar refractivity (Wildman–Crippen MR) is 105 cm³/mol. The van der Waals surface area contributed by atoms with Gasteiger partial charge in [-0.3, -0.25) is 4.79 Å². The van der Waals surface area contributed by atoms with E-state index in [1.807, 2.05) is 34.1 Å². The number of morpholine rings is 1. The Morgan fingerprint density at radius 1 is 1.22 bits per heavy atom. The Bertz CT molecular complexity index is 689. The second-order valence-corrected chi connectivity index (χ2v) is 7.33. The Morgan fingerprint density at radius 3 is 2.81 bits per heavy atom. The number of benzene rings is 1. The maximum atomic E-state index is 12.9. The van der Waals surface area contributed by atoms with Crippen molar-refractivity contribution in [2.24, 2.45) is 0 Å². The van der Waals surface area contributed by atoms with Crippen LogP contribution < -0.4 is 15.0 Å². The van der Waals surface area contributed by atoms with Gasteiger partial charge in [0.1, 0.15) is 5.75 Å². The van der Waals surface area contributed by atoms with E-state index in [2.05, 4.69) is 5.32 Å². The van der Waals surface area contributed by atoms with Gasteiger partial charge in [0.25, 0.3) is 5.91 Å². The number of nitrogens with zero attached hydrogens (tertiary/aromatic N) is 2. The van der Waals surface area contributed by atoms with E-state index in [4.69, 9.17) is 26.4 Å². The number of nitrogens with one attached hydrogen (secondary N) is 1. The van der Waals surface area contributed by atoms with Crippen LogP contribution in [0.3, 0.4) is 0 Å². The fraction of sp³-hybridized carbons (Fsp3) is 0.579. The molecule has 27 heavy (non-hydrogen) atoms. The molecular weight excluding hydrogens is 366 g/mol. The molecule has 8 heteroatoms. The Morgan fingerprint density at radius 2 is 2.04 bits per heavy atom. The molecule has 3 heterocycles. The van der Waals surface area contributed by atoms with Crippen molar-refractivity contribution >= 4 is 28.9 Å². The van der Waals surface area contributed by atoms with Crippen molar-refractivity contribution in [3.8, 4) is 5.75 Å². The summed E-state index contributed by atoms with van der Waals surface area (Å²) in [7, 11) is 0. The largest absolute Gasteiger partial charge is 0.476 e. The molecule has 1 amide bonds. The maximum Gasteiger partial charge on any atom is 0.265 e. The molecule has 2 fully saturated rings. The molecule has 0 aliphatic carbocycles. The number of hydrogen-bond donors (Lipinski definition) is 1. The zero-order valence-corrected chi connectivity index (χ0v) is 16.1. The molecule has 0 aromatic heterocycles. The first-order valence-electron chi connectivity index (χ1n) is 9.51. The lowest BCUT2D eigenvalue weighted by Crippen LogP contribution is -2.55. The third-order valence-electron chi connectivity index (χ3n) is 5.12. The van der Waals surface area contributed by atoms with Crippen LogP contribution in [0.15, 0.2) is 24.3 Å². The van der Waals surface area contributed by atoms with Crippen molar-refractivity contribution in [1.29, 1.82) is 0 Å². The third-order valence-corrected chi connectivity index (χ3v) is 5.49. The Labute approximate surface area is 164 Å². The number of fused-ring (bicyclic) bond motifs is 1. The minimum absolute atomic E-state index is 0.0141. The Balaban J connectivity index is 1.47. The van der Waals surface area contributed by atoms with E-state index in [9.17, 15) is 4.79 Å². The lowest BCUT2D eigenvalue weighted by Gasteiger charge is -2.38. The summed E-state index contributed by atoms with van der Waals surface area (Å²) in [6.45, 7) is 4.23. The number of ether oxygens (including phenoxy) is 3. The van der Waals surface area contributed by atoms with E-state index in [0.717, 1.165) is 25.1 Å². The summed E-state index contributed by atoms with van der Waals surface area (Å²) in [5.74, 6) is 0.663. The number of hydrogen-bond acceptors (Lipinski definition) is 5. The summed E-state index contributed by atoms with van der Waals surface area (Å²) in [5.41, 5.74) is 0.883. The van der Waals surface area contributed by atoms with E-state index in [1.165, 1.54) is 0 Å². The fourth-order valence-electron chi connectivity index (χ4n) is 3.64. The van der Waals surface area contributed by atoms with Gasteiger partial charge in [-0.05, 0) is 37.2 Å². The van der Waals surface area contributed by atoms with Crippen LogP contribution in [0, 0.1) is 0 Å². The highest BCUT2D eigenvalue weighted by atomic mass is 32.1. The molecule has 0 saturated carbocycles. The van der Waals surface area contributed by atoms with Crippen LogP contribution in [0.4, 0.5) is 5.69 Å². The lowest BCUT2D eigenvalue weighted by atomic mass is 10.1. The van der Waals surface area contributed by atoms with Gasteiger partial charge in [-0.1, -0.05) is 12.1 Å². The average Bonchev–Trinajstić information content (AvgIpc) is 3.25. The predicted octanol–water partition coefficient (Wildman–Crippen LogP) is 1.17. The highest BCUT2D eigenvalue weighted by Gasteiger charge is 2.35. The van der Waals surface area contributed by atoms with Gasteiger partial charge < -0.3 is 29.3 Å². The zero-order chi connectivity index (χ0) is 18.6. The van der Waals surface area contributed by atoms with E-state index >= 15 is 0 Å². The number of anilines is 1. The number of amides is 1. The summed E-state index contributed by atoms with van der Waals surface area (Å²) in [5, 5.41) is 3.90.